The lowest BCUT2D eigenvalue weighted by atomic mass is 10.1. The minimum absolute atomic E-state index is 0.220. The van der Waals surface area contributed by atoms with Gasteiger partial charge >= 0.3 is 5.97 Å². The van der Waals surface area contributed by atoms with Crippen LogP contribution in [-0.4, -0.2) is 11.1 Å². The van der Waals surface area contributed by atoms with E-state index in [4.69, 9.17) is 0 Å². The van der Waals surface area contributed by atoms with E-state index in [2.05, 4.69) is 10.6 Å². The highest BCUT2D eigenvalue weighted by Crippen LogP contribution is 2.26. The molecule has 3 aromatic rings. The molecule has 3 N–H and O–H groups in total. The Hall–Kier alpha value is -3.27. The maximum absolute atomic E-state index is 11.6. The van der Waals surface area contributed by atoms with Crippen LogP contribution in [0.1, 0.15) is 21.5 Å². The first-order valence-corrected chi connectivity index (χ1v) is 8.06. The van der Waals surface area contributed by atoms with Crippen molar-refractivity contribution in [3.8, 4) is 0 Å². The van der Waals surface area contributed by atoms with Gasteiger partial charge < -0.3 is 15.7 Å². The molecule has 0 saturated heterocycles. The molecule has 0 spiro atoms. The molecule has 0 aromatic heterocycles. The fraction of sp³-hybridized carbons (Fsp3) is 0.0952. The van der Waals surface area contributed by atoms with Gasteiger partial charge in [0.15, 0.2) is 0 Å². The van der Waals surface area contributed by atoms with Gasteiger partial charge in [0.25, 0.3) is 0 Å². The van der Waals surface area contributed by atoms with Gasteiger partial charge in [-0.3, -0.25) is 0 Å². The molecule has 3 rings (SSSR count). The van der Waals surface area contributed by atoms with Gasteiger partial charge in [0.1, 0.15) is 0 Å². The lowest BCUT2D eigenvalue weighted by Gasteiger charge is -2.13. The first kappa shape index (κ1) is 16.6. The Labute approximate surface area is 147 Å². The van der Waals surface area contributed by atoms with E-state index in [9.17, 15) is 9.90 Å². The van der Waals surface area contributed by atoms with E-state index in [0.29, 0.717) is 5.69 Å². The highest BCUT2D eigenvalue weighted by molar-refractivity contribution is 5.96. The summed E-state index contributed by atoms with van der Waals surface area (Å²) < 4.78 is 0. The van der Waals surface area contributed by atoms with Crippen molar-refractivity contribution in [2.24, 2.45) is 0 Å². The van der Waals surface area contributed by atoms with Gasteiger partial charge in [-0.1, -0.05) is 35.4 Å². The van der Waals surface area contributed by atoms with Crippen LogP contribution in [0.15, 0.2) is 66.7 Å². The molecular formula is C21H20N2O2. The lowest BCUT2D eigenvalue weighted by molar-refractivity contribution is 0.0698. The Morgan fingerprint density at radius 2 is 1.20 bits per heavy atom. The van der Waals surface area contributed by atoms with Crippen LogP contribution >= 0.6 is 0 Å². The van der Waals surface area contributed by atoms with E-state index in [0.717, 1.165) is 22.6 Å². The monoisotopic (exact) mass is 332 g/mol. The zero-order chi connectivity index (χ0) is 17.8. The summed E-state index contributed by atoms with van der Waals surface area (Å²) in [4.78, 5) is 11.6. The summed E-state index contributed by atoms with van der Waals surface area (Å²) in [6.07, 6.45) is 0. The molecule has 4 heteroatoms. The van der Waals surface area contributed by atoms with Gasteiger partial charge in [-0.2, -0.15) is 0 Å². The van der Waals surface area contributed by atoms with Gasteiger partial charge in [-0.25, -0.2) is 4.79 Å². The largest absolute Gasteiger partial charge is 0.478 e. The fourth-order valence-electron chi connectivity index (χ4n) is 2.50. The summed E-state index contributed by atoms with van der Waals surface area (Å²) in [5.41, 5.74) is 5.61. The van der Waals surface area contributed by atoms with Crippen LogP contribution in [0, 0.1) is 13.8 Å². The van der Waals surface area contributed by atoms with Crippen LogP contribution in [0.4, 0.5) is 22.7 Å². The Kier molecular flexibility index (Phi) is 4.70. The molecule has 4 nitrogen and oxygen atoms in total. The van der Waals surface area contributed by atoms with E-state index < -0.39 is 5.97 Å². The summed E-state index contributed by atoms with van der Waals surface area (Å²) in [6, 6.07) is 21.1. The topological polar surface area (TPSA) is 61.4 Å². The first-order chi connectivity index (χ1) is 12.0. The predicted molar refractivity (Wildman–Crippen MR) is 102 cm³/mol. The van der Waals surface area contributed by atoms with E-state index >= 15 is 0 Å². The number of carboxylic acids is 1. The zero-order valence-corrected chi connectivity index (χ0v) is 14.2. The molecule has 0 atom stereocenters. The SMILES string of the molecule is Cc1ccc(Nc2ccc(Nc3ccc(C)cc3)c(C(=O)O)c2)cc1. The van der Waals surface area contributed by atoms with Crippen LogP contribution in [0.3, 0.4) is 0 Å². The molecule has 0 heterocycles. The Balaban J connectivity index is 1.86. The van der Waals surface area contributed by atoms with Gasteiger partial charge in [0.05, 0.1) is 11.3 Å². The number of hydrogen-bond donors (Lipinski definition) is 3. The van der Waals surface area contributed by atoms with Crippen molar-refractivity contribution in [1.82, 2.24) is 0 Å². The number of aromatic carboxylic acids is 1. The molecule has 0 aliphatic carbocycles. The van der Waals surface area contributed by atoms with E-state index in [1.807, 2.05) is 68.4 Å². The van der Waals surface area contributed by atoms with E-state index in [1.54, 1.807) is 12.1 Å². The second-order valence-corrected chi connectivity index (χ2v) is 6.05. The number of nitrogens with one attached hydrogen (secondary N) is 2. The van der Waals surface area contributed by atoms with Crippen LogP contribution in [-0.2, 0) is 0 Å². The number of benzene rings is 3. The standard InChI is InChI=1S/C21H20N2O2/c1-14-3-7-16(8-4-14)22-18-11-12-20(19(13-18)21(24)25)23-17-9-5-15(2)6-10-17/h3-13,22-23H,1-2H3,(H,24,25). The van der Waals surface area contributed by atoms with Crippen molar-refractivity contribution in [3.05, 3.63) is 83.4 Å². The summed E-state index contributed by atoms with van der Waals surface area (Å²) in [7, 11) is 0. The average molecular weight is 332 g/mol. The second-order valence-electron chi connectivity index (χ2n) is 6.05. The normalized spacial score (nSPS) is 10.3. The number of hydrogen-bond acceptors (Lipinski definition) is 3. The van der Waals surface area contributed by atoms with Crippen molar-refractivity contribution < 1.29 is 9.90 Å². The predicted octanol–water partition coefficient (Wildman–Crippen LogP) is 5.49. The fourth-order valence-corrected chi connectivity index (χ4v) is 2.50. The molecule has 0 aliphatic heterocycles. The maximum atomic E-state index is 11.6. The molecule has 0 radical (unpaired) electrons. The minimum atomic E-state index is -0.970. The number of carbonyl (C=O) groups is 1. The van der Waals surface area contributed by atoms with E-state index in [-0.39, 0.29) is 5.56 Å². The Bertz CT molecular complexity index is 885. The molecule has 0 bridgehead atoms. The highest BCUT2D eigenvalue weighted by atomic mass is 16.4. The van der Waals surface area contributed by atoms with Crippen LogP contribution in [0.25, 0.3) is 0 Å². The molecule has 0 fully saturated rings. The molecule has 3 aromatic carbocycles. The molecule has 0 amide bonds. The summed E-state index contributed by atoms with van der Waals surface area (Å²) in [6.45, 7) is 4.04. The van der Waals surface area contributed by atoms with Crippen molar-refractivity contribution in [2.45, 2.75) is 13.8 Å². The number of rotatable bonds is 5. The van der Waals surface area contributed by atoms with E-state index in [1.165, 1.54) is 5.56 Å². The van der Waals surface area contributed by atoms with Gasteiger partial charge in [0.2, 0.25) is 0 Å². The maximum Gasteiger partial charge on any atom is 0.337 e. The minimum Gasteiger partial charge on any atom is -0.478 e. The van der Waals surface area contributed by atoms with Crippen LogP contribution in [0.5, 0.6) is 0 Å². The van der Waals surface area contributed by atoms with Crippen LogP contribution in [0.2, 0.25) is 0 Å². The zero-order valence-electron chi connectivity index (χ0n) is 14.2. The molecule has 0 aliphatic rings. The van der Waals surface area contributed by atoms with Crippen molar-refractivity contribution in [2.75, 3.05) is 10.6 Å². The third kappa shape index (κ3) is 4.18. The van der Waals surface area contributed by atoms with Crippen LogP contribution < -0.4 is 10.6 Å². The van der Waals surface area contributed by atoms with Crippen molar-refractivity contribution in [1.29, 1.82) is 0 Å². The molecule has 126 valence electrons. The molecule has 25 heavy (non-hydrogen) atoms. The Morgan fingerprint density at radius 1 is 0.720 bits per heavy atom. The third-order valence-electron chi connectivity index (χ3n) is 3.92. The lowest BCUT2D eigenvalue weighted by Crippen LogP contribution is -2.04. The first-order valence-electron chi connectivity index (χ1n) is 8.06. The van der Waals surface area contributed by atoms with Gasteiger partial charge in [-0.05, 0) is 56.3 Å². The number of anilines is 4. The smallest absolute Gasteiger partial charge is 0.337 e. The Morgan fingerprint density at radius 3 is 1.72 bits per heavy atom. The summed E-state index contributed by atoms with van der Waals surface area (Å²) in [5.74, 6) is -0.970. The molecular weight excluding hydrogens is 312 g/mol. The summed E-state index contributed by atoms with van der Waals surface area (Å²) >= 11 is 0. The van der Waals surface area contributed by atoms with Crippen molar-refractivity contribution in [3.63, 3.8) is 0 Å². The molecule has 0 saturated carbocycles. The second kappa shape index (κ2) is 7.09. The summed E-state index contributed by atoms with van der Waals surface area (Å²) in [5, 5.41) is 16.0. The molecule has 0 unspecified atom stereocenters. The van der Waals surface area contributed by atoms with Gasteiger partial charge in [-0.15, -0.1) is 0 Å². The quantitative estimate of drug-likeness (QED) is 0.578. The third-order valence-corrected chi connectivity index (χ3v) is 3.92. The van der Waals surface area contributed by atoms with Gasteiger partial charge in [0, 0.05) is 17.1 Å². The number of aryl methyl sites for hydroxylation is 2. The number of carboxylic acid groups (broad SMARTS) is 1. The van der Waals surface area contributed by atoms with Crippen molar-refractivity contribution >= 4 is 28.7 Å². The average Bonchev–Trinajstić information content (AvgIpc) is 2.60. The highest BCUT2D eigenvalue weighted by Gasteiger charge is 2.11.